The largest absolute Gasteiger partial charge is 0.469 e. The molecule has 2 rings (SSSR count). The van der Waals surface area contributed by atoms with Gasteiger partial charge in [-0.15, -0.1) is 0 Å². The van der Waals surface area contributed by atoms with Crippen molar-refractivity contribution in [1.29, 1.82) is 0 Å². The molecule has 0 radical (unpaired) electrons. The third kappa shape index (κ3) is 1.40. The molecular formula is C12H21NO2. The lowest BCUT2D eigenvalue weighted by Crippen LogP contribution is -2.32. The molecule has 15 heavy (non-hydrogen) atoms. The predicted octanol–water partition coefficient (Wildman–Crippen LogP) is 1.53. The molecule has 1 aliphatic carbocycles. The van der Waals surface area contributed by atoms with Gasteiger partial charge in [-0.3, -0.25) is 4.79 Å². The Labute approximate surface area is 91.8 Å². The van der Waals surface area contributed by atoms with Crippen molar-refractivity contribution in [2.75, 3.05) is 27.2 Å². The smallest absolute Gasteiger partial charge is 0.312 e. The number of likely N-dealkylation sites (tertiary alicyclic amines) is 1. The van der Waals surface area contributed by atoms with Gasteiger partial charge in [0.25, 0.3) is 0 Å². The monoisotopic (exact) mass is 211 g/mol. The lowest BCUT2D eigenvalue weighted by Gasteiger charge is -2.24. The number of esters is 1. The number of nitrogens with zero attached hydrogens (tertiary/aromatic N) is 1. The predicted molar refractivity (Wildman–Crippen MR) is 58.5 cm³/mol. The van der Waals surface area contributed by atoms with Crippen LogP contribution in [0.5, 0.6) is 0 Å². The van der Waals surface area contributed by atoms with Crippen LogP contribution in [0.25, 0.3) is 0 Å². The van der Waals surface area contributed by atoms with E-state index >= 15 is 0 Å². The summed E-state index contributed by atoms with van der Waals surface area (Å²) in [6.45, 7) is 6.52. The highest BCUT2D eigenvalue weighted by atomic mass is 16.5. The average Bonchev–Trinajstić information content (AvgIpc) is 2.56. The third-order valence-electron chi connectivity index (χ3n) is 4.44. The Morgan fingerprint density at radius 3 is 2.40 bits per heavy atom. The quantitative estimate of drug-likeness (QED) is 0.649. The van der Waals surface area contributed by atoms with E-state index in [0.717, 1.165) is 25.9 Å². The van der Waals surface area contributed by atoms with E-state index in [2.05, 4.69) is 25.8 Å². The van der Waals surface area contributed by atoms with Gasteiger partial charge in [-0.05, 0) is 37.8 Å². The van der Waals surface area contributed by atoms with Crippen LogP contribution in [0.2, 0.25) is 0 Å². The second-order valence-corrected chi connectivity index (χ2v) is 5.77. The number of carbonyl (C=O) groups excluding carboxylic acids is 1. The van der Waals surface area contributed by atoms with Gasteiger partial charge in [0, 0.05) is 6.54 Å². The molecule has 86 valence electrons. The molecule has 0 spiro atoms. The molecule has 2 fully saturated rings. The summed E-state index contributed by atoms with van der Waals surface area (Å²) in [5.41, 5.74) is -0.0531. The van der Waals surface area contributed by atoms with E-state index in [1.54, 1.807) is 0 Å². The summed E-state index contributed by atoms with van der Waals surface area (Å²) >= 11 is 0. The van der Waals surface area contributed by atoms with Crippen LogP contribution in [0, 0.1) is 16.7 Å². The Morgan fingerprint density at radius 1 is 1.47 bits per heavy atom. The summed E-state index contributed by atoms with van der Waals surface area (Å²) in [7, 11) is 3.64. The Bertz CT molecular complexity index is 287. The van der Waals surface area contributed by atoms with Crippen LogP contribution in [0.1, 0.15) is 26.7 Å². The zero-order chi connectivity index (χ0) is 11.3. The summed E-state index contributed by atoms with van der Waals surface area (Å²) in [5.74, 6) is 0.498. The molecule has 2 unspecified atom stereocenters. The molecule has 0 N–H and O–H groups in total. The van der Waals surface area contributed by atoms with Gasteiger partial charge in [0.05, 0.1) is 12.5 Å². The number of hydrogen-bond acceptors (Lipinski definition) is 3. The molecule has 0 aromatic rings. The van der Waals surface area contributed by atoms with Crippen LogP contribution in [-0.4, -0.2) is 38.1 Å². The van der Waals surface area contributed by atoms with E-state index < -0.39 is 0 Å². The number of rotatable bonds is 2. The van der Waals surface area contributed by atoms with Gasteiger partial charge in [0.1, 0.15) is 0 Å². The lowest BCUT2D eigenvalue weighted by atomic mass is 9.82. The van der Waals surface area contributed by atoms with Crippen molar-refractivity contribution in [3.05, 3.63) is 0 Å². The van der Waals surface area contributed by atoms with Gasteiger partial charge < -0.3 is 9.64 Å². The fourth-order valence-electron chi connectivity index (χ4n) is 3.38. The number of hydrogen-bond donors (Lipinski definition) is 0. The summed E-state index contributed by atoms with van der Waals surface area (Å²) < 4.78 is 5.00. The molecule has 0 aromatic heterocycles. The maximum atomic E-state index is 12.0. The standard InChI is InChI=1S/C12H21NO2/c1-11(2)8-12(11,10(14)15-4)9-5-6-13(3)7-9/h9H,5-8H2,1-4H3. The summed E-state index contributed by atoms with van der Waals surface area (Å²) in [6, 6.07) is 0. The first-order valence-electron chi connectivity index (χ1n) is 5.71. The van der Waals surface area contributed by atoms with Crippen LogP contribution in [-0.2, 0) is 9.53 Å². The zero-order valence-corrected chi connectivity index (χ0v) is 10.2. The molecule has 3 heteroatoms. The highest BCUT2D eigenvalue weighted by molar-refractivity contribution is 5.82. The highest BCUT2D eigenvalue weighted by Crippen LogP contribution is 2.69. The van der Waals surface area contributed by atoms with Crippen molar-refractivity contribution in [3.8, 4) is 0 Å². The molecule has 3 nitrogen and oxygen atoms in total. The molecule has 0 aromatic carbocycles. The second-order valence-electron chi connectivity index (χ2n) is 5.77. The number of methoxy groups -OCH3 is 1. The molecule has 1 saturated heterocycles. The van der Waals surface area contributed by atoms with Crippen molar-refractivity contribution in [1.82, 2.24) is 4.90 Å². The molecule has 0 amide bonds. The van der Waals surface area contributed by atoms with E-state index in [-0.39, 0.29) is 16.8 Å². The molecule has 2 atom stereocenters. The van der Waals surface area contributed by atoms with Crippen LogP contribution in [0.15, 0.2) is 0 Å². The van der Waals surface area contributed by atoms with E-state index in [9.17, 15) is 4.79 Å². The Morgan fingerprint density at radius 2 is 2.07 bits per heavy atom. The molecule has 1 heterocycles. The summed E-state index contributed by atoms with van der Waals surface area (Å²) in [4.78, 5) is 14.3. The maximum absolute atomic E-state index is 12.0. The fourth-order valence-corrected chi connectivity index (χ4v) is 3.38. The normalized spacial score (nSPS) is 39.1. The van der Waals surface area contributed by atoms with Crippen molar-refractivity contribution in [2.45, 2.75) is 26.7 Å². The van der Waals surface area contributed by atoms with Gasteiger partial charge in [-0.1, -0.05) is 13.8 Å². The number of ether oxygens (including phenoxy) is 1. The van der Waals surface area contributed by atoms with Crippen LogP contribution in [0.4, 0.5) is 0 Å². The third-order valence-corrected chi connectivity index (χ3v) is 4.44. The van der Waals surface area contributed by atoms with Gasteiger partial charge in [0.2, 0.25) is 0 Å². The molecule has 1 saturated carbocycles. The van der Waals surface area contributed by atoms with Gasteiger partial charge in [0.15, 0.2) is 0 Å². The van der Waals surface area contributed by atoms with Crippen LogP contribution < -0.4 is 0 Å². The maximum Gasteiger partial charge on any atom is 0.312 e. The second kappa shape index (κ2) is 3.21. The minimum Gasteiger partial charge on any atom is -0.469 e. The van der Waals surface area contributed by atoms with Crippen molar-refractivity contribution < 1.29 is 9.53 Å². The summed E-state index contributed by atoms with van der Waals surface area (Å²) in [5, 5.41) is 0. The van der Waals surface area contributed by atoms with Crippen LogP contribution >= 0.6 is 0 Å². The first-order valence-corrected chi connectivity index (χ1v) is 5.71. The molecule has 2 aliphatic rings. The minimum atomic E-state index is -0.188. The minimum absolute atomic E-state index is 0.00722. The van der Waals surface area contributed by atoms with E-state index in [4.69, 9.17) is 4.74 Å². The van der Waals surface area contributed by atoms with Gasteiger partial charge >= 0.3 is 5.97 Å². The van der Waals surface area contributed by atoms with Gasteiger partial charge in [-0.25, -0.2) is 0 Å². The summed E-state index contributed by atoms with van der Waals surface area (Å²) in [6.07, 6.45) is 2.13. The molecule has 1 aliphatic heterocycles. The highest BCUT2D eigenvalue weighted by Gasteiger charge is 2.70. The average molecular weight is 211 g/mol. The van der Waals surface area contributed by atoms with Crippen molar-refractivity contribution in [2.24, 2.45) is 16.7 Å². The van der Waals surface area contributed by atoms with E-state index in [0.29, 0.717) is 5.92 Å². The molecular weight excluding hydrogens is 190 g/mol. The van der Waals surface area contributed by atoms with Crippen molar-refractivity contribution in [3.63, 3.8) is 0 Å². The lowest BCUT2D eigenvalue weighted by molar-refractivity contribution is -0.151. The Balaban J connectivity index is 2.19. The molecule has 0 bridgehead atoms. The number of carbonyl (C=O) groups is 1. The van der Waals surface area contributed by atoms with Gasteiger partial charge in [-0.2, -0.15) is 0 Å². The van der Waals surface area contributed by atoms with Crippen LogP contribution in [0.3, 0.4) is 0 Å². The first kappa shape index (κ1) is 10.9. The Kier molecular flexibility index (Phi) is 2.34. The topological polar surface area (TPSA) is 29.5 Å². The zero-order valence-electron chi connectivity index (χ0n) is 10.2. The first-order chi connectivity index (χ1) is 6.94. The van der Waals surface area contributed by atoms with E-state index in [1.807, 2.05) is 0 Å². The SMILES string of the molecule is COC(=O)C1(C2CCN(C)C2)CC1(C)C. The van der Waals surface area contributed by atoms with Crippen molar-refractivity contribution >= 4 is 5.97 Å². The fraction of sp³-hybridized carbons (Fsp3) is 0.917. The van der Waals surface area contributed by atoms with E-state index in [1.165, 1.54) is 7.11 Å². The Hall–Kier alpha value is -0.570.